The summed E-state index contributed by atoms with van der Waals surface area (Å²) in [6, 6.07) is 10.3. The van der Waals surface area contributed by atoms with Crippen molar-refractivity contribution in [3.63, 3.8) is 0 Å². The molecule has 0 spiro atoms. The number of carboxylic acids is 1. The van der Waals surface area contributed by atoms with Crippen LogP contribution in [0.3, 0.4) is 0 Å². The summed E-state index contributed by atoms with van der Waals surface area (Å²) in [7, 11) is 0. The molecular formula is C23H35NO4. The minimum absolute atomic E-state index is 0.215. The highest BCUT2D eigenvalue weighted by atomic mass is 16.4. The van der Waals surface area contributed by atoms with Gasteiger partial charge in [-0.3, -0.25) is 9.59 Å². The molecule has 2 rings (SSSR count). The smallest absolute Gasteiger partial charge is 0.303 e. The Morgan fingerprint density at radius 3 is 2.54 bits per heavy atom. The van der Waals surface area contributed by atoms with Gasteiger partial charge in [0.15, 0.2) is 0 Å². The number of aliphatic carboxylic acids is 1. The number of hydrogen-bond donors (Lipinski definition) is 2. The second-order valence-corrected chi connectivity index (χ2v) is 8.52. The van der Waals surface area contributed by atoms with E-state index in [1.54, 1.807) is 0 Å². The van der Waals surface area contributed by atoms with E-state index in [9.17, 15) is 14.7 Å². The monoisotopic (exact) mass is 389 g/mol. The van der Waals surface area contributed by atoms with Crippen LogP contribution in [0.5, 0.6) is 0 Å². The van der Waals surface area contributed by atoms with Crippen LogP contribution in [0, 0.1) is 0 Å². The topological polar surface area (TPSA) is 77.8 Å². The van der Waals surface area contributed by atoms with Crippen LogP contribution in [-0.4, -0.2) is 45.7 Å². The number of aliphatic hydroxyl groups excluding tert-OH is 1. The highest BCUT2D eigenvalue weighted by Crippen LogP contribution is 2.31. The molecule has 0 radical (unpaired) electrons. The van der Waals surface area contributed by atoms with E-state index in [-0.39, 0.29) is 23.8 Å². The molecule has 0 aliphatic carbocycles. The van der Waals surface area contributed by atoms with Gasteiger partial charge in [0.05, 0.1) is 6.10 Å². The molecule has 1 aromatic rings. The fraction of sp³-hybridized carbons (Fsp3) is 0.652. The predicted molar refractivity (Wildman–Crippen MR) is 110 cm³/mol. The molecule has 28 heavy (non-hydrogen) atoms. The van der Waals surface area contributed by atoms with E-state index in [1.165, 1.54) is 0 Å². The first-order chi connectivity index (χ1) is 13.3. The number of carbonyl (C=O) groups is 2. The molecule has 1 fully saturated rings. The summed E-state index contributed by atoms with van der Waals surface area (Å²) in [5.41, 5.74) is 0.807. The molecule has 2 N–H and O–H groups in total. The number of likely N-dealkylation sites (tertiary alicyclic amines) is 1. The van der Waals surface area contributed by atoms with Gasteiger partial charge in [-0.1, -0.05) is 57.0 Å². The number of hydrogen-bond acceptors (Lipinski definition) is 3. The van der Waals surface area contributed by atoms with Crippen molar-refractivity contribution in [1.82, 2.24) is 4.90 Å². The van der Waals surface area contributed by atoms with Gasteiger partial charge in [0.2, 0.25) is 5.91 Å². The Kier molecular flexibility index (Phi) is 8.49. The predicted octanol–water partition coefficient (Wildman–Crippen LogP) is 4.13. The molecule has 1 saturated heterocycles. The molecule has 2 atom stereocenters. The zero-order chi connectivity index (χ0) is 20.6. The summed E-state index contributed by atoms with van der Waals surface area (Å²) in [5, 5.41) is 19.5. The van der Waals surface area contributed by atoms with Gasteiger partial charge >= 0.3 is 5.97 Å². The third kappa shape index (κ3) is 6.33. The third-order valence-electron chi connectivity index (χ3n) is 6.12. The molecule has 1 amide bonds. The molecule has 5 heteroatoms. The van der Waals surface area contributed by atoms with Crippen molar-refractivity contribution in [3.05, 3.63) is 35.9 Å². The molecule has 0 aromatic heterocycles. The average molecular weight is 390 g/mol. The van der Waals surface area contributed by atoms with E-state index in [0.717, 1.165) is 44.2 Å². The van der Waals surface area contributed by atoms with Gasteiger partial charge < -0.3 is 15.1 Å². The van der Waals surface area contributed by atoms with Gasteiger partial charge in [0, 0.05) is 30.8 Å². The minimum atomic E-state index is -0.744. The van der Waals surface area contributed by atoms with Gasteiger partial charge in [0.25, 0.3) is 0 Å². The van der Waals surface area contributed by atoms with E-state index in [4.69, 9.17) is 5.11 Å². The third-order valence-corrected chi connectivity index (χ3v) is 6.12. The maximum Gasteiger partial charge on any atom is 0.303 e. The average Bonchev–Trinajstić information content (AvgIpc) is 3.02. The lowest BCUT2D eigenvalue weighted by molar-refractivity contribution is -0.137. The second-order valence-electron chi connectivity index (χ2n) is 8.52. The fourth-order valence-electron chi connectivity index (χ4n) is 4.08. The summed E-state index contributed by atoms with van der Waals surface area (Å²) < 4.78 is 0. The lowest BCUT2D eigenvalue weighted by Crippen LogP contribution is -2.37. The molecule has 1 aliphatic rings. The molecule has 1 aromatic carbocycles. The number of amides is 1. The maximum absolute atomic E-state index is 12.2. The van der Waals surface area contributed by atoms with Crippen molar-refractivity contribution in [2.45, 2.75) is 89.2 Å². The molecule has 156 valence electrons. The van der Waals surface area contributed by atoms with Gasteiger partial charge in [-0.25, -0.2) is 0 Å². The number of unbranched alkanes of at least 4 members (excludes halogenated alkanes) is 3. The molecule has 1 aliphatic heterocycles. The van der Waals surface area contributed by atoms with Crippen LogP contribution >= 0.6 is 0 Å². The van der Waals surface area contributed by atoms with Crippen LogP contribution in [0.15, 0.2) is 30.3 Å². The van der Waals surface area contributed by atoms with E-state index >= 15 is 0 Å². The van der Waals surface area contributed by atoms with Crippen LogP contribution in [0.1, 0.15) is 77.2 Å². The van der Waals surface area contributed by atoms with Crippen LogP contribution in [0.25, 0.3) is 0 Å². The second kappa shape index (κ2) is 10.6. The number of rotatable bonds is 12. The number of carboxylic acid groups (broad SMARTS) is 1. The van der Waals surface area contributed by atoms with E-state index in [0.29, 0.717) is 19.3 Å². The van der Waals surface area contributed by atoms with E-state index < -0.39 is 12.1 Å². The summed E-state index contributed by atoms with van der Waals surface area (Å²) >= 11 is 0. The van der Waals surface area contributed by atoms with Crippen molar-refractivity contribution in [1.29, 1.82) is 0 Å². The Morgan fingerprint density at radius 1 is 1.18 bits per heavy atom. The van der Waals surface area contributed by atoms with Crippen LogP contribution in [0.4, 0.5) is 0 Å². The Labute approximate surface area is 168 Å². The quantitative estimate of drug-likeness (QED) is 0.527. The Balaban J connectivity index is 1.78. The Hall–Kier alpha value is -1.88. The van der Waals surface area contributed by atoms with Gasteiger partial charge in [-0.2, -0.15) is 0 Å². The summed E-state index contributed by atoms with van der Waals surface area (Å²) in [4.78, 5) is 24.8. The van der Waals surface area contributed by atoms with Crippen molar-refractivity contribution in [2.75, 3.05) is 6.54 Å². The fourth-order valence-corrected chi connectivity index (χ4v) is 4.08. The van der Waals surface area contributed by atoms with Gasteiger partial charge in [-0.05, 0) is 37.7 Å². The summed E-state index contributed by atoms with van der Waals surface area (Å²) in [6.07, 6.45) is 6.20. The van der Waals surface area contributed by atoms with E-state index in [2.05, 4.69) is 26.0 Å². The number of benzene rings is 1. The first kappa shape index (κ1) is 22.4. The van der Waals surface area contributed by atoms with Crippen LogP contribution in [0.2, 0.25) is 0 Å². The number of carbonyl (C=O) groups excluding carboxylic acids is 1. The van der Waals surface area contributed by atoms with Gasteiger partial charge in [0.1, 0.15) is 0 Å². The SMILES string of the molecule is CC(C)(c1ccccc1)C(O)CC[C@@H]1CCC(=O)N1CCCCCCC(=O)O. The molecule has 0 saturated carbocycles. The first-order valence-corrected chi connectivity index (χ1v) is 10.6. The Bertz CT molecular complexity index is 629. The zero-order valence-electron chi connectivity index (χ0n) is 17.3. The molecule has 1 heterocycles. The van der Waals surface area contributed by atoms with Gasteiger partial charge in [-0.15, -0.1) is 0 Å². The normalized spacial score (nSPS) is 18.5. The van der Waals surface area contributed by atoms with Crippen molar-refractivity contribution in [3.8, 4) is 0 Å². The zero-order valence-corrected chi connectivity index (χ0v) is 17.3. The Morgan fingerprint density at radius 2 is 1.86 bits per heavy atom. The van der Waals surface area contributed by atoms with E-state index in [1.807, 2.05) is 23.1 Å². The van der Waals surface area contributed by atoms with Crippen molar-refractivity contribution in [2.24, 2.45) is 0 Å². The van der Waals surface area contributed by atoms with Crippen LogP contribution < -0.4 is 0 Å². The molecule has 5 nitrogen and oxygen atoms in total. The molecule has 0 bridgehead atoms. The highest BCUT2D eigenvalue weighted by Gasteiger charge is 2.34. The van der Waals surface area contributed by atoms with Crippen molar-refractivity contribution < 1.29 is 19.8 Å². The number of aliphatic hydroxyl groups is 1. The van der Waals surface area contributed by atoms with Crippen molar-refractivity contribution >= 4 is 11.9 Å². The maximum atomic E-state index is 12.2. The molecular weight excluding hydrogens is 354 g/mol. The highest BCUT2D eigenvalue weighted by molar-refractivity contribution is 5.78. The summed E-state index contributed by atoms with van der Waals surface area (Å²) in [6.45, 7) is 4.89. The first-order valence-electron chi connectivity index (χ1n) is 10.6. The van der Waals surface area contributed by atoms with Crippen LogP contribution in [-0.2, 0) is 15.0 Å². The standard InChI is InChI=1S/C23H35NO4/c1-23(2,18-10-6-5-7-11-18)20(25)15-13-19-14-16-21(26)24(19)17-9-4-3-8-12-22(27)28/h5-7,10-11,19-20,25H,3-4,8-9,12-17H2,1-2H3,(H,27,28)/t19-,20?/m1/s1. The lowest BCUT2D eigenvalue weighted by atomic mass is 9.77. The largest absolute Gasteiger partial charge is 0.481 e. The molecule has 1 unspecified atom stereocenters. The summed E-state index contributed by atoms with van der Waals surface area (Å²) in [5.74, 6) is -0.529. The number of nitrogens with zero attached hydrogens (tertiary/aromatic N) is 1. The minimum Gasteiger partial charge on any atom is -0.481 e. The lowest BCUT2D eigenvalue weighted by Gasteiger charge is -2.33.